The number of aromatic nitrogens is 2. The summed E-state index contributed by atoms with van der Waals surface area (Å²) in [4.78, 5) is 11.5. The molecular formula is C12H19N3O. The van der Waals surface area contributed by atoms with E-state index in [4.69, 9.17) is 0 Å². The Morgan fingerprint density at radius 1 is 1.62 bits per heavy atom. The predicted molar refractivity (Wildman–Crippen MR) is 62.1 cm³/mol. The second-order valence-corrected chi connectivity index (χ2v) is 5.01. The molecule has 1 saturated heterocycles. The molecule has 2 rings (SSSR count). The Hall–Kier alpha value is -1.32. The SMILES string of the molecule is CCCn1nccc1C1CC(=O)NC1(C)C. The molecule has 0 spiro atoms. The van der Waals surface area contributed by atoms with E-state index in [1.807, 2.05) is 16.9 Å². The Kier molecular flexibility index (Phi) is 2.74. The quantitative estimate of drug-likeness (QED) is 0.844. The minimum Gasteiger partial charge on any atom is -0.351 e. The summed E-state index contributed by atoms with van der Waals surface area (Å²) in [5.74, 6) is 0.369. The summed E-state index contributed by atoms with van der Waals surface area (Å²) in [6.07, 6.45) is 3.45. The van der Waals surface area contributed by atoms with E-state index >= 15 is 0 Å². The van der Waals surface area contributed by atoms with Gasteiger partial charge in [-0.15, -0.1) is 0 Å². The summed E-state index contributed by atoms with van der Waals surface area (Å²) in [5.41, 5.74) is 1.01. The Morgan fingerprint density at radius 2 is 2.38 bits per heavy atom. The van der Waals surface area contributed by atoms with Crippen LogP contribution in [-0.4, -0.2) is 21.2 Å². The molecule has 1 aliphatic rings. The smallest absolute Gasteiger partial charge is 0.221 e. The topological polar surface area (TPSA) is 46.9 Å². The number of nitrogens with one attached hydrogen (secondary N) is 1. The van der Waals surface area contributed by atoms with Crippen molar-refractivity contribution in [3.8, 4) is 0 Å². The van der Waals surface area contributed by atoms with Crippen LogP contribution in [0.4, 0.5) is 0 Å². The second kappa shape index (κ2) is 3.92. The lowest BCUT2D eigenvalue weighted by atomic mass is 9.86. The maximum Gasteiger partial charge on any atom is 0.221 e. The fourth-order valence-electron chi connectivity index (χ4n) is 2.45. The minimum absolute atomic E-state index is 0.138. The third kappa shape index (κ3) is 1.84. The largest absolute Gasteiger partial charge is 0.351 e. The van der Waals surface area contributed by atoms with E-state index in [0.29, 0.717) is 6.42 Å². The molecule has 88 valence electrons. The van der Waals surface area contributed by atoms with Gasteiger partial charge in [-0.25, -0.2) is 0 Å². The number of aryl methyl sites for hydroxylation is 1. The third-order valence-corrected chi connectivity index (χ3v) is 3.26. The minimum atomic E-state index is -0.164. The van der Waals surface area contributed by atoms with E-state index in [2.05, 4.69) is 31.2 Å². The molecule has 1 aromatic rings. The predicted octanol–water partition coefficient (Wildman–Crippen LogP) is 1.68. The van der Waals surface area contributed by atoms with Gasteiger partial charge in [0.1, 0.15) is 0 Å². The standard InChI is InChI=1S/C12H19N3O/c1-4-7-15-10(5-6-13-15)9-8-11(16)14-12(9,2)3/h5-6,9H,4,7-8H2,1-3H3,(H,14,16). The number of hydrogen-bond donors (Lipinski definition) is 1. The average molecular weight is 221 g/mol. The Bertz CT molecular complexity index is 395. The Labute approximate surface area is 96.0 Å². The average Bonchev–Trinajstić information content (AvgIpc) is 2.70. The van der Waals surface area contributed by atoms with Crippen LogP contribution < -0.4 is 5.32 Å². The zero-order valence-corrected chi connectivity index (χ0v) is 10.2. The molecule has 1 amide bonds. The highest BCUT2D eigenvalue weighted by Crippen LogP contribution is 2.35. The van der Waals surface area contributed by atoms with Crippen molar-refractivity contribution in [3.63, 3.8) is 0 Å². The van der Waals surface area contributed by atoms with Gasteiger partial charge in [-0.1, -0.05) is 6.92 Å². The van der Waals surface area contributed by atoms with Crippen LogP contribution in [0.5, 0.6) is 0 Å². The van der Waals surface area contributed by atoms with Crippen molar-refractivity contribution in [2.75, 3.05) is 0 Å². The zero-order chi connectivity index (χ0) is 11.8. The van der Waals surface area contributed by atoms with E-state index in [-0.39, 0.29) is 17.4 Å². The highest BCUT2D eigenvalue weighted by Gasteiger charge is 2.41. The fraction of sp³-hybridized carbons (Fsp3) is 0.667. The molecule has 16 heavy (non-hydrogen) atoms. The summed E-state index contributed by atoms with van der Waals surface area (Å²) in [7, 11) is 0. The van der Waals surface area contributed by atoms with Crippen LogP contribution in [-0.2, 0) is 11.3 Å². The summed E-state index contributed by atoms with van der Waals surface area (Å²) < 4.78 is 2.02. The van der Waals surface area contributed by atoms with Gasteiger partial charge >= 0.3 is 0 Å². The first-order chi connectivity index (χ1) is 7.54. The maximum atomic E-state index is 11.5. The highest BCUT2D eigenvalue weighted by molar-refractivity contribution is 5.81. The lowest BCUT2D eigenvalue weighted by molar-refractivity contribution is -0.119. The van der Waals surface area contributed by atoms with Gasteiger partial charge in [-0.2, -0.15) is 5.10 Å². The number of rotatable bonds is 3. The van der Waals surface area contributed by atoms with Gasteiger partial charge in [0.2, 0.25) is 5.91 Å². The van der Waals surface area contributed by atoms with Crippen molar-refractivity contribution in [3.05, 3.63) is 18.0 Å². The van der Waals surface area contributed by atoms with E-state index in [1.54, 1.807) is 0 Å². The maximum absolute atomic E-state index is 11.5. The molecule has 0 saturated carbocycles. The molecule has 0 bridgehead atoms. The number of hydrogen-bond acceptors (Lipinski definition) is 2. The monoisotopic (exact) mass is 221 g/mol. The molecule has 0 aliphatic carbocycles. The van der Waals surface area contributed by atoms with Crippen LogP contribution in [0.1, 0.15) is 45.2 Å². The van der Waals surface area contributed by atoms with E-state index in [0.717, 1.165) is 13.0 Å². The van der Waals surface area contributed by atoms with Crippen molar-refractivity contribution in [2.45, 2.75) is 51.6 Å². The zero-order valence-electron chi connectivity index (χ0n) is 10.2. The number of carbonyl (C=O) groups is 1. The van der Waals surface area contributed by atoms with Gasteiger partial charge in [-0.3, -0.25) is 9.48 Å². The third-order valence-electron chi connectivity index (χ3n) is 3.26. The van der Waals surface area contributed by atoms with Gasteiger partial charge < -0.3 is 5.32 Å². The molecule has 0 radical (unpaired) electrons. The number of carbonyl (C=O) groups excluding carboxylic acids is 1. The summed E-state index contributed by atoms with van der Waals surface area (Å²) in [5, 5.41) is 7.34. The molecule has 1 aliphatic heterocycles. The first-order valence-electron chi connectivity index (χ1n) is 5.87. The van der Waals surface area contributed by atoms with Gasteiger partial charge in [0.25, 0.3) is 0 Å². The van der Waals surface area contributed by atoms with Crippen LogP contribution in [0, 0.1) is 0 Å². The lowest BCUT2D eigenvalue weighted by Crippen LogP contribution is -2.39. The van der Waals surface area contributed by atoms with Gasteiger partial charge in [0.05, 0.1) is 0 Å². The summed E-state index contributed by atoms with van der Waals surface area (Å²) in [6, 6.07) is 2.03. The molecule has 4 nitrogen and oxygen atoms in total. The summed E-state index contributed by atoms with van der Waals surface area (Å²) >= 11 is 0. The van der Waals surface area contributed by atoms with Crippen molar-refractivity contribution in [1.29, 1.82) is 0 Å². The Morgan fingerprint density at radius 3 is 2.94 bits per heavy atom. The summed E-state index contributed by atoms with van der Waals surface area (Å²) in [6.45, 7) is 7.20. The lowest BCUT2D eigenvalue weighted by Gasteiger charge is -2.26. The molecule has 1 N–H and O–H groups in total. The van der Waals surface area contributed by atoms with Crippen molar-refractivity contribution in [1.82, 2.24) is 15.1 Å². The van der Waals surface area contributed by atoms with Crippen LogP contribution in [0.3, 0.4) is 0 Å². The molecule has 0 aromatic carbocycles. The number of nitrogens with zero attached hydrogens (tertiary/aromatic N) is 2. The van der Waals surface area contributed by atoms with Crippen molar-refractivity contribution < 1.29 is 4.79 Å². The second-order valence-electron chi connectivity index (χ2n) is 5.01. The van der Waals surface area contributed by atoms with E-state index < -0.39 is 0 Å². The van der Waals surface area contributed by atoms with Crippen LogP contribution in [0.25, 0.3) is 0 Å². The van der Waals surface area contributed by atoms with E-state index in [9.17, 15) is 4.79 Å². The first-order valence-corrected chi connectivity index (χ1v) is 5.87. The Balaban J connectivity index is 2.29. The van der Waals surface area contributed by atoms with Gasteiger partial charge in [0.15, 0.2) is 0 Å². The molecule has 1 atom stereocenters. The number of amides is 1. The molecule has 2 heterocycles. The van der Waals surface area contributed by atoms with Gasteiger partial charge in [-0.05, 0) is 26.3 Å². The van der Waals surface area contributed by atoms with Crippen molar-refractivity contribution >= 4 is 5.91 Å². The molecular weight excluding hydrogens is 202 g/mol. The van der Waals surface area contributed by atoms with Crippen LogP contribution in [0.15, 0.2) is 12.3 Å². The molecule has 1 aromatic heterocycles. The molecule has 1 fully saturated rings. The van der Waals surface area contributed by atoms with Crippen LogP contribution in [0.2, 0.25) is 0 Å². The van der Waals surface area contributed by atoms with Gasteiger partial charge in [0, 0.05) is 36.3 Å². The normalized spacial score (nSPS) is 23.4. The fourth-order valence-corrected chi connectivity index (χ4v) is 2.45. The first kappa shape index (κ1) is 11.2. The molecule has 4 heteroatoms. The molecule has 1 unspecified atom stereocenters. The van der Waals surface area contributed by atoms with Crippen LogP contribution >= 0.6 is 0 Å². The highest BCUT2D eigenvalue weighted by atomic mass is 16.2. The van der Waals surface area contributed by atoms with E-state index in [1.165, 1.54) is 5.69 Å². The van der Waals surface area contributed by atoms with Crippen molar-refractivity contribution in [2.24, 2.45) is 0 Å².